The summed E-state index contributed by atoms with van der Waals surface area (Å²) < 4.78 is 16.6. The lowest BCUT2D eigenvalue weighted by molar-refractivity contribution is 0.0594. The van der Waals surface area contributed by atoms with Gasteiger partial charge in [-0.15, -0.1) is 0 Å². The molecule has 0 N–H and O–H groups in total. The van der Waals surface area contributed by atoms with Crippen LogP contribution in [0.25, 0.3) is 0 Å². The van der Waals surface area contributed by atoms with Crippen LogP contribution in [0.15, 0.2) is 65.1 Å². The van der Waals surface area contributed by atoms with Gasteiger partial charge in [-0.05, 0) is 48.9 Å². The van der Waals surface area contributed by atoms with Crippen molar-refractivity contribution < 1.29 is 18.7 Å². The fourth-order valence-electron chi connectivity index (χ4n) is 3.61. The second-order valence-corrected chi connectivity index (χ2v) is 7.78. The van der Waals surface area contributed by atoms with Crippen molar-refractivity contribution >= 4 is 5.91 Å². The Morgan fingerprint density at radius 3 is 2.26 bits per heavy atom. The Bertz CT molecular complexity index is 987. The van der Waals surface area contributed by atoms with Gasteiger partial charge in [-0.1, -0.05) is 29.8 Å². The van der Waals surface area contributed by atoms with Gasteiger partial charge in [-0.25, -0.2) is 0 Å². The number of carbonyl (C=O) groups excluding carboxylic acids is 1. The minimum atomic E-state index is -0.0642. The molecule has 0 unspecified atom stereocenters. The van der Waals surface area contributed by atoms with Crippen LogP contribution < -0.4 is 9.47 Å². The molecule has 0 bridgehead atoms. The van der Waals surface area contributed by atoms with Crippen LogP contribution in [0, 0.1) is 6.92 Å². The highest BCUT2D eigenvalue weighted by molar-refractivity contribution is 5.91. The molecule has 6 heteroatoms. The summed E-state index contributed by atoms with van der Waals surface area (Å²) in [6.45, 7) is 6.38. The lowest BCUT2D eigenvalue weighted by Gasteiger charge is -2.34. The standard InChI is InChI=1S/C25H28N2O4/c1-19-3-5-20(6-4-19)17-26-13-15-27(16-14-26)25(28)24-12-11-23(31-24)18-30-22-9-7-21(29-2)8-10-22/h3-12H,13-18H2,1-2H3. The van der Waals surface area contributed by atoms with Gasteiger partial charge in [-0.3, -0.25) is 9.69 Å². The fraction of sp³-hybridized carbons (Fsp3) is 0.320. The molecule has 1 aliphatic rings. The van der Waals surface area contributed by atoms with Crippen molar-refractivity contribution in [3.05, 3.63) is 83.3 Å². The normalized spacial score (nSPS) is 14.5. The summed E-state index contributed by atoms with van der Waals surface area (Å²) in [7, 11) is 1.63. The van der Waals surface area contributed by atoms with Crippen LogP contribution in [0.2, 0.25) is 0 Å². The van der Waals surface area contributed by atoms with Crippen molar-refractivity contribution in [3.8, 4) is 11.5 Å². The van der Waals surface area contributed by atoms with Crippen molar-refractivity contribution in [2.75, 3.05) is 33.3 Å². The summed E-state index contributed by atoms with van der Waals surface area (Å²) in [5.74, 6) is 2.41. The van der Waals surface area contributed by atoms with Gasteiger partial charge < -0.3 is 18.8 Å². The van der Waals surface area contributed by atoms with E-state index in [1.165, 1.54) is 11.1 Å². The summed E-state index contributed by atoms with van der Waals surface area (Å²) in [6.07, 6.45) is 0. The third-order valence-corrected chi connectivity index (χ3v) is 5.50. The second-order valence-electron chi connectivity index (χ2n) is 7.78. The number of rotatable bonds is 7. The number of aryl methyl sites for hydroxylation is 1. The van der Waals surface area contributed by atoms with Gasteiger partial charge in [0.25, 0.3) is 5.91 Å². The monoisotopic (exact) mass is 420 g/mol. The molecule has 1 aromatic heterocycles. The van der Waals surface area contributed by atoms with E-state index in [0.29, 0.717) is 24.6 Å². The summed E-state index contributed by atoms with van der Waals surface area (Å²) in [5, 5.41) is 0. The van der Waals surface area contributed by atoms with E-state index in [4.69, 9.17) is 13.9 Å². The van der Waals surface area contributed by atoms with Crippen LogP contribution >= 0.6 is 0 Å². The van der Waals surface area contributed by atoms with Gasteiger partial charge >= 0.3 is 0 Å². The highest BCUT2D eigenvalue weighted by atomic mass is 16.5. The number of hydrogen-bond donors (Lipinski definition) is 0. The maximum Gasteiger partial charge on any atom is 0.289 e. The quantitative estimate of drug-likeness (QED) is 0.575. The van der Waals surface area contributed by atoms with Crippen molar-refractivity contribution in [2.24, 2.45) is 0 Å². The summed E-state index contributed by atoms with van der Waals surface area (Å²) in [6, 6.07) is 19.5. The Morgan fingerprint density at radius 1 is 0.903 bits per heavy atom. The van der Waals surface area contributed by atoms with Crippen LogP contribution in [0.3, 0.4) is 0 Å². The van der Waals surface area contributed by atoms with Gasteiger partial charge in [0.15, 0.2) is 5.76 Å². The van der Waals surface area contributed by atoms with Crippen molar-refractivity contribution in [1.82, 2.24) is 9.80 Å². The van der Waals surface area contributed by atoms with Crippen LogP contribution in [0.5, 0.6) is 11.5 Å². The molecule has 2 aromatic carbocycles. The van der Waals surface area contributed by atoms with Gasteiger partial charge in [0.2, 0.25) is 0 Å². The highest BCUT2D eigenvalue weighted by Gasteiger charge is 2.24. The second kappa shape index (κ2) is 9.71. The van der Waals surface area contributed by atoms with E-state index in [1.807, 2.05) is 29.2 Å². The van der Waals surface area contributed by atoms with E-state index >= 15 is 0 Å². The fourth-order valence-corrected chi connectivity index (χ4v) is 3.61. The van der Waals surface area contributed by atoms with Crippen LogP contribution in [0.4, 0.5) is 0 Å². The number of benzene rings is 2. The van der Waals surface area contributed by atoms with E-state index < -0.39 is 0 Å². The minimum absolute atomic E-state index is 0.0642. The zero-order chi connectivity index (χ0) is 21.6. The van der Waals surface area contributed by atoms with Crippen molar-refractivity contribution in [3.63, 3.8) is 0 Å². The molecule has 0 atom stereocenters. The van der Waals surface area contributed by atoms with Crippen LogP contribution in [-0.4, -0.2) is 49.0 Å². The van der Waals surface area contributed by atoms with E-state index in [-0.39, 0.29) is 12.5 Å². The van der Waals surface area contributed by atoms with Crippen LogP contribution in [0.1, 0.15) is 27.4 Å². The minimum Gasteiger partial charge on any atom is -0.497 e. The molecule has 31 heavy (non-hydrogen) atoms. The molecule has 2 heterocycles. The summed E-state index contributed by atoms with van der Waals surface area (Å²) in [4.78, 5) is 17.1. The van der Waals surface area contributed by atoms with Gasteiger partial charge in [0.1, 0.15) is 23.9 Å². The highest BCUT2D eigenvalue weighted by Crippen LogP contribution is 2.20. The lowest BCUT2D eigenvalue weighted by atomic mass is 10.1. The number of carbonyl (C=O) groups is 1. The van der Waals surface area contributed by atoms with Gasteiger partial charge in [0, 0.05) is 32.7 Å². The predicted molar refractivity (Wildman–Crippen MR) is 118 cm³/mol. The summed E-state index contributed by atoms with van der Waals surface area (Å²) >= 11 is 0. The largest absolute Gasteiger partial charge is 0.497 e. The molecule has 162 valence electrons. The first kappa shape index (κ1) is 21.0. The number of amides is 1. The number of nitrogens with zero attached hydrogens (tertiary/aromatic N) is 2. The number of furan rings is 1. The Balaban J connectivity index is 1.26. The third-order valence-electron chi connectivity index (χ3n) is 5.50. The predicted octanol–water partition coefficient (Wildman–Crippen LogP) is 4.13. The first-order chi connectivity index (χ1) is 15.1. The molecule has 1 amide bonds. The Morgan fingerprint density at radius 2 is 1.58 bits per heavy atom. The zero-order valence-corrected chi connectivity index (χ0v) is 18.0. The molecule has 1 fully saturated rings. The van der Waals surface area contributed by atoms with E-state index in [1.54, 1.807) is 19.2 Å². The molecule has 1 saturated heterocycles. The topological polar surface area (TPSA) is 55.2 Å². The first-order valence-electron chi connectivity index (χ1n) is 10.5. The Labute approximate surface area is 183 Å². The molecule has 4 rings (SSSR count). The van der Waals surface area contributed by atoms with Crippen molar-refractivity contribution in [2.45, 2.75) is 20.1 Å². The van der Waals surface area contributed by atoms with E-state index in [0.717, 1.165) is 31.1 Å². The molecule has 0 aliphatic carbocycles. The SMILES string of the molecule is COc1ccc(OCc2ccc(C(=O)N3CCN(Cc4ccc(C)cc4)CC3)o2)cc1. The molecule has 0 radical (unpaired) electrons. The molecule has 3 aromatic rings. The Kier molecular flexibility index (Phi) is 6.57. The smallest absolute Gasteiger partial charge is 0.289 e. The molecular weight excluding hydrogens is 392 g/mol. The van der Waals surface area contributed by atoms with E-state index in [9.17, 15) is 4.79 Å². The molecule has 1 aliphatic heterocycles. The molecule has 0 saturated carbocycles. The number of methoxy groups -OCH3 is 1. The molecule has 0 spiro atoms. The zero-order valence-electron chi connectivity index (χ0n) is 18.0. The molecule has 6 nitrogen and oxygen atoms in total. The number of ether oxygens (including phenoxy) is 2. The summed E-state index contributed by atoms with van der Waals surface area (Å²) in [5.41, 5.74) is 2.57. The maximum absolute atomic E-state index is 12.8. The van der Waals surface area contributed by atoms with Crippen molar-refractivity contribution in [1.29, 1.82) is 0 Å². The van der Waals surface area contributed by atoms with Gasteiger partial charge in [0.05, 0.1) is 7.11 Å². The molecular formula is C25H28N2O4. The Hall–Kier alpha value is -3.25. The number of hydrogen-bond acceptors (Lipinski definition) is 5. The number of piperazine rings is 1. The third kappa shape index (κ3) is 5.47. The van der Waals surface area contributed by atoms with Gasteiger partial charge in [-0.2, -0.15) is 0 Å². The van der Waals surface area contributed by atoms with Crippen LogP contribution in [-0.2, 0) is 13.2 Å². The average molecular weight is 421 g/mol. The first-order valence-corrected chi connectivity index (χ1v) is 10.5. The van der Waals surface area contributed by atoms with E-state index in [2.05, 4.69) is 36.1 Å². The maximum atomic E-state index is 12.8. The average Bonchev–Trinajstić information content (AvgIpc) is 3.29. The lowest BCUT2D eigenvalue weighted by Crippen LogP contribution is -2.48.